The molecule has 1 aromatic heterocycles. The van der Waals surface area contributed by atoms with E-state index >= 15 is 0 Å². The number of hydrogen-bond acceptors (Lipinski definition) is 7. The van der Waals surface area contributed by atoms with Crippen molar-refractivity contribution in [2.24, 2.45) is 0 Å². The minimum absolute atomic E-state index is 0.120. The van der Waals surface area contributed by atoms with Gasteiger partial charge in [-0.05, 0) is 31.5 Å². The molecule has 0 atom stereocenters. The third-order valence-corrected chi connectivity index (χ3v) is 5.23. The summed E-state index contributed by atoms with van der Waals surface area (Å²) in [6, 6.07) is 0. The molecule has 8 heteroatoms. The summed E-state index contributed by atoms with van der Waals surface area (Å²) in [5, 5.41) is 0.685. The second-order valence-electron chi connectivity index (χ2n) is 4.62. The number of nitrogens with zero attached hydrogens (tertiary/aromatic N) is 3. The van der Waals surface area contributed by atoms with E-state index in [0.717, 1.165) is 32.6 Å². The smallest absolute Gasteiger partial charge is 0.182 e. The number of sulfone groups is 1. The van der Waals surface area contributed by atoms with Crippen LogP contribution in [0.3, 0.4) is 0 Å². The second kappa shape index (κ2) is 5.02. The summed E-state index contributed by atoms with van der Waals surface area (Å²) in [5.41, 5.74) is 5.68. The van der Waals surface area contributed by atoms with Crippen LogP contribution in [0.15, 0.2) is 4.90 Å². The molecule has 2 N–H and O–H groups in total. The molecule has 0 unspecified atom stereocenters. The average Bonchev–Trinajstić information content (AvgIpc) is 2.51. The summed E-state index contributed by atoms with van der Waals surface area (Å²) in [5.74, 6) is 0.120. The van der Waals surface area contributed by atoms with Crippen LogP contribution >= 0.6 is 11.5 Å². The van der Waals surface area contributed by atoms with Gasteiger partial charge in [0.15, 0.2) is 15.7 Å². The Labute approximate surface area is 111 Å². The second-order valence-corrected chi connectivity index (χ2v) is 7.32. The molecule has 0 spiro atoms. The van der Waals surface area contributed by atoms with Crippen molar-refractivity contribution < 1.29 is 8.42 Å². The van der Waals surface area contributed by atoms with Crippen molar-refractivity contribution in [3.63, 3.8) is 0 Å². The summed E-state index contributed by atoms with van der Waals surface area (Å²) < 4.78 is 27.5. The molecule has 0 amide bonds. The van der Waals surface area contributed by atoms with E-state index in [1.165, 1.54) is 17.8 Å². The highest BCUT2D eigenvalue weighted by atomic mass is 32.2. The van der Waals surface area contributed by atoms with Gasteiger partial charge in [0.25, 0.3) is 0 Å². The van der Waals surface area contributed by atoms with Crippen molar-refractivity contribution >= 4 is 32.2 Å². The van der Waals surface area contributed by atoms with E-state index in [1.807, 2.05) is 0 Å². The zero-order chi connectivity index (χ0) is 13.3. The van der Waals surface area contributed by atoms with E-state index in [4.69, 9.17) is 5.73 Å². The van der Waals surface area contributed by atoms with Crippen molar-refractivity contribution in [2.75, 3.05) is 50.1 Å². The first-order chi connectivity index (χ1) is 8.39. The van der Waals surface area contributed by atoms with E-state index in [0.29, 0.717) is 5.00 Å². The minimum Gasteiger partial charge on any atom is -0.382 e. The van der Waals surface area contributed by atoms with Crippen LogP contribution in [0.1, 0.15) is 6.42 Å². The number of nitrogen functional groups attached to an aromatic ring is 1. The van der Waals surface area contributed by atoms with Gasteiger partial charge in [0, 0.05) is 25.9 Å². The third-order valence-electron chi connectivity index (χ3n) is 3.03. The average molecular weight is 290 g/mol. The molecule has 0 aliphatic carbocycles. The fourth-order valence-electron chi connectivity index (χ4n) is 2.08. The van der Waals surface area contributed by atoms with Crippen LogP contribution in [0.25, 0.3) is 0 Å². The molecule has 1 saturated heterocycles. The summed E-state index contributed by atoms with van der Waals surface area (Å²) in [7, 11) is -1.26. The fraction of sp³-hybridized carbons (Fsp3) is 0.700. The molecule has 1 aliphatic rings. The number of nitrogens with two attached hydrogens (primary N) is 1. The Morgan fingerprint density at radius 2 is 2.00 bits per heavy atom. The predicted octanol–water partition coefficient (Wildman–Crippen LogP) is 0.271. The number of hydrogen-bond donors (Lipinski definition) is 1. The summed E-state index contributed by atoms with van der Waals surface area (Å²) in [4.78, 5) is 4.51. The lowest BCUT2D eigenvalue weighted by Crippen LogP contribution is -2.29. The fourth-order valence-corrected chi connectivity index (χ4v) is 4.34. The zero-order valence-electron chi connectivity index (χ0n) is 10.6. The normalized spacial score (nSPS) is 18.9. The highest BCUT2D eigenvalue weighted by Gasteiger charge is 2.26. The van der Waals surface area contributed by atoms with E-state index in [9.17, 15) is 8.42 Å². The van der Waals surface area contributed by atoms with Crippen LogP contribution in [0.2, 0.25) is 0 Å². The van der Waals surface area contributed by atoms with E-state index in [1.54, 1.807) is 0 Å². The molecule has 0 bridgehead atoms. The van der Waals surface area contributed by atoms with Gasteiger partial charge in [0.1, 0.15) is 9.90 Å². The Bertz CT molecular complexity index is 526. The monoisotopic (exact) mass is 290 g/mol. The van der Waals surface area contributed by atoms with Gasteiger partial charge >= 0.3 is 0 Å². The first kappa shape index (κ1) is 13.6. The number of anilines is 2. The molecular formula is C10H18N4O2S2. The van der Waals surface area contributed by atoms with Crippen molar-refractivity contribution in [3.05, 3.63) is 0 Å². The van der Waals surface area contributed by atoms with Crippen LogP contribution in [-0.4, -0.2) is 57.2 Å². The molecule has 0 aromatic carbocycles. The molecule has 1 aliphatic heterocycles. The highest BCUT2D eigenvalue weighted by molar-refractivity contribution is 7.91. The number of likely N-dealkylation sites (N-methyl/N-ethyl adjacent to an activating group) is 1. The summed E-state index contributed by atoms with van der Waals surface area (Å²) in [6.45, 7) is 3.59. The van der Waals surface area contributed by atoms with Crippen LogP contribution in [0.5, 0.6) is 0 Å². The highest BCUT2D eigenvalue weighted by Crippen LogP contribution is 2.34. The Morgan fingerprint density at radius 1 is 1.28 bits per heavy atom. The van der Waals surface area contributed by atoms with E-state index < -0.39 is 9.84 Å². The Morgan fingerprint density at radius 3 is 2.67 bits per heavy atom. The first-order valence-corrected chi connectivity index (χ1v) is 8.45. The van der Waals surface area contributed by atoms with Gasteiger partial charge in [0.05, 0.1) is 0 Å². The van der Waals surface area contributed by atoms with Gasteiger partial charge in [-0.25, -0.2) is 8.42 Å². The maximum absolute atomic E-state index is 11.8. The van der Waals surface area contributed by atoms with Crippen LogP contribution in [0.4, 0.5) is 10.8 Å². The largest absolute Gasteiger partial charge is 0.382 e. The van der Waals surface area contributed by atoms with Gasteiger partial charge in [0.2, 0.25) is 0 Å². The summed E-state index contributed by atoms with van der Waals surface area (Å²) in [6.07, 6.45) is 2.19. The van der Waals surface area contributed by atoms with Crippen LogP contribution in [-0.2, 0) is 9.84 Å². The lowest BCUT2D eigenvalue weighted by atomic mass is 10.4. The Hall–Kier alpha value is -0.860. The predicted molar refractivity (Wildman–Crippen MR) is 74.0 cm³/mol. The molecular weight excluding hydrogens is 272 g/mol. The molecule has 2 heterocycles. The molecule has 2 rings (SSSR count). The van der Waals surface area contributed by atoms with Crippen LogP contribution in [0, 0.1) is 0 Å². The SMILES string of the molecule is CN1CCCN(c2snc(N)c2S(C)(=O)=O)CC1. The van der Waals surface area contributed by atoms with Gasteiger partial charge in [-0.2, -0.15) is 4.37 Å². The molecule has 1 aromatic rings. The third kappa shape index (κ3) is 2.76. The molecule has 6 nitrogen and oxygen atoms in total. The molecule has 0 radical (unpaired) electrons. The first-order valence-electron chi connectivity index (χ1n) is 5.78. The van der Waals surface area contributed by atoms with E-state index in [-0.39, 0.29) is 10.7 Å². The lowest BCUT2D eigenvalue weighted by molar-refractivity contribution is 0.360. The minimum atomic E-state index is -3.33. The topological polar surface area (TPSA) is 79.5 Å². The maximum Gasteiger partial charge on any atom is 0.182 e. The molecule has 0 saturated carbocycles. The molecule has 1 fully saturated rings. The number of rotatable bonds is 2. The van der Waals surface area contributed by atoms with Gasteiger partial charge in [-0.3, -0.25) is 0 Å². The van der Waals surface area contributed by atoms with Gasteiger partial charge < -0.3 is 15.5 Å². The van der Waals surface area contributed by atoms with Crippen molar-refractivity contribution in [3.8, 4) is 0 Å². The van der Waals surface area contributed by atoms with Gasteiger partial charge in [-0.1, -0.05) is 0 Å². The van der Waals surface area contributed by atoms with Crippen LogP contribution < -0.4 is 10.6 Å². The van der Waals surface area contributed by atoms with Crippen molar-refractivity contribution in [1.29, 1.82) is 0 Å². The number of aromatic nitrogens is 1. The summed E-state index contributed by atoms with van der Waals surface area (Å²) >= 11 is 1.17. The van der Waals surface area contributed by atoms with E-state index in [2.05, 4.69) is 21.2 Å². The quantitative estimate of drug-likeness (QED) is 0.842. The zero-order valence-corrected chi connectivity index (χ0v) is 12.2. The Balaban J connectivity index is 2.34. The van der Waals surface area contributed by atoms with Crippen molar-refractivity contribution in [1.82, 2.24) is 9.27 Å². The lowest BCUT2D eigenvalue weighted by Gasteiger charge is -2.21. The molecule has 102 valence electrons. The van der Waals surface area contributed by atoms with Crippen molar-refractivity contribution in [2.45, 2.75) is 11.3 Å². The van der Waals surface area contributed by atoms with Gasteiger partial charge in [-0.15, -0.1) is 0 Å². The maximum atomic E-state index is 11.8. The molecule has 18 heavy (non-hydrogen) atoms. The standard InChI is InChI=1S/C10H18N4O2S2/c1-13-4-3-5-14(7-6-13)10-8(18(2,15)16)9(11)12-17-10/h3-7H2,1-2H3,(H2,11,12). The Kier molecular flexibility index (Phi) is 3.79.